The number of thioether (sulfide) groups is 1. The van der Waals surface area contributed by atoms with Crippen molar-refractivity contribution in [3.05, 3.63) is 47.8 Å². The van der Waals surface area contributed by atoms with Gasteiger partial charge in [-0.2, -0.15) is 8.78 Å². The maximum absolute atomic E-state index is 12.2. The van der Waals surface area contributed by atoms with Crippen molar-refractivity contribution in [3.8, 4) is 0 Å². The van der Waals surface area contributed by atoms with Gasteiger partial charge < -0.3 is 15.0 Å². The van der Waals surface area contributed by atoms with Crippen molar-refractivity contribution in [2.75, 3.05) is 12.4 Å². The van der Waals surface area contributed by atoms with Crippen LogP contribution in [0.4, 0.5) is 14.5 Å². The number of nitrogens with one attached hydrogen (secondary N) is 2. The molecule has 0 unspecified atom stereocenters. The Kier molecular flexibility index (Phi) is 5.21. The molecular weight excluding hydrogens is 298 g/mol. The fourth-order valence-electron chi connectivity index (χ4n) is 1.72. The highest BCUT2D eigenvalue weighted by Gasteiger charge is 2.08. The van der Waals surface area contributed by atoms with Gasteiger partial charge in [-0.3, -0.25) is 0 Å². The molecule has 0 saturated carbocycles. The van der Waals surface area contributed by atoms with Crippen LogP contribution in [0, 0.1) is 0 Å². The van der Waals surface area contributed by atoms with E-state index in [-0.39, 0.29) is 0 Å². The third-order valence-electron chi connectivity index (χ3n) is 2.71. The number of methoxy groups -OCH3 is 1. The first kappa shape index (κ1) is 15.4. The number of H-pyrrole nitrogens is 1. The summed E-state index contributed by atoms with van der Waals surface area (Å²) in [4.78, 5) is 14.7. The zero-order chi connectivity index (χ0) is 15.2. The van der Waals surface area contributed by atoms with E-state index in [0.29, 0.717) is 28.9 Å². The molecule has 0 spiro atoms. The number of hydrogen-bond acceptors (Lipinski definition) is 4. The van der Waals surface area contributed by atoms with Crippen molar-refractivity contribution in [2.24, 2.45) is 0 Å². The Morgan fingerprint density at radius 3 is 2.62 bits per heavy atom. The molecule has 0 radical (unpaired) electrons. The van der Waals surface area contributed by atoms with E-state index in [0.717, 1.165) is 11.4 Å². The van der Waals surface area contributed by atoms with Crippen molar-refractivity contribution in [1.82, 2.24) is 4.98 Å². The molecule has 1 heterocycles. The van der Waals surface area contributed by atoms with Crippen molar-refractivity contribution in [1.29, 1.82) is 0 Å². The van der Waals surface area contributed by atoms with Gasteiger partial charge in [-0.1, -0.05) is 11.8 Å². The summed E-state index contributed by atoms with van der Waals surface area (Å²) in [7, 11) is 1.32. The van der Waals surface area contributed by atoms with Crippen LogP contribution < -0.4 is 5.32 Å². The number of hydrogen-bond donors (Lipinski definition) is 2. The number of ether oxygens (including phenoxy) is 1. The zero-order valence-electron chi connectivity index (χ0n) is 11.2. The summed E-state index contributed by atoms with van der Waals surface area (Å²) in [5.41, 5.74) is 2.02. The number of benzene rings is 1. The molecule has 21 heavy (non-hydrogen) atoms. The first-order valence-electron chi connectivity index (χ1n) is 6.13. The molecule has 0 saturated heterocycles. The fraction of sp³-hybridized carbons (Fsp3) is 0.214. The highest BCUT2D eigenvalue weighted by molar-refractivity contribution is 7.99. The molecule has 0 aliphatic heterocycles. The second-order valence-electron chi connectivity index (χ2n) is 4.15. The van der Waals surface area contributed by atoms with Gasteiger partial charge in [0.1, 0.15) is 5.69 Å². The van der Waals surface area contributed by atoms with Crippen LogP contribution in [0.3, 0.4) is 0 Å². The number of halogens is 2. The van der Waals surface area contributed by atoms with Crippen molar-refractivity contribution >= 4 is 23.4 Å². The third-order valence-corrected chi connectivity index (χ3v) is 3.44. The maximum Gasteiger partial charge on any atom is 0.354 e. The number of anilines is 1. The van der Waals surface area contributed by atoms with Gasteiger partial charge in [0, 0.05) is 16.3 Å². The molecule has 2 N–H and O–H groups in total. The van der Waals surface area contributed by atoms with Gasteiger partial charge >= 0.3 is 5.97 Å². The largest absolute Gasteiger partial charge is 0.464 e. The first-order valence-corrected chi connectivity index (χ1v) is 7.01. The minimum absolute atomic E-state index is 0.387. The number of carbonyl (C=O) groups is 1. The van der Waals surface area contributed by atoms with Crippen LogP contribution in [-0.4, -0.2) is 23.8 Å². The molecule has 0 aliphatic carbocycles. The molecule has 112 valence electrons. The Hall–Kier alpha value is -2.02. The van der Waals surface area contributed by atoms with E-state index in [1.165, 1.54) is 7.11 Å². The summed E-state index contributed by atoms with van der Waals surface area (Å²) in [6.07, 6.45) is 0. The Morgan fingerprint density at radius 2 is 2.00 bits per heavy atom. The lowest BCUT2D eigenvalue weighted by Gasteiger charge is -2.06. The van der Waals surface area contributed by atoms with Gasteiger partial charge in [0.2, 0.25) is 0 Å². The first-order chi connectivity index (χ1) is 10.1. The van der Waals surface area contributed by atoms with Crippen molar-refractivity contribution in [3.63, 3.8) is 0 Å². The number of alkyl halides is 2. The molecule has 4 nitrogen and oxygen atoms in total. The van der Waals surface area contributed by atoms with E-state index >= 15 is 0 Å². The van der Waals surface area contributed by atoms with Gasteiger partial charge in [-0.05, 0) is 36.4 Å². The number of esters is 1. The Bertz CT molecular complexity index is 599. The Labute approximate surface area is 124 Å². The van der Waals surface area contributed by atoms with Crippen LogP contribution in [0.2, 0.25) is 0 Å². The quantitative estimate of drug-likeness (QED) is 0.630. The number of rotatable bonds is 6. The number of carbonyl (C=O) groups excluding carboxylic acids is 1. The monoisotopic (exact) mass is 312 g/mol. The van der Waals surface area contributed by atoms with Crippen LogP contribution in [-0.2, 0) is 11.3 Å². The minimum atomic E-state index is -2.42. The standard InChI is InChI=1S/C14H14F2N2O2S/c1-20-13(19)12-7-4-10(18-12)8-17-9-2-5-11(6-3-9)21-14(15)16/h2-7,14,17-18H,8H2,1H3. The Balaban J connectivity index is 1.90. The predicted molar refractivity (Wildman–Crippen MR) is 77.8 cm³/mol. The SMILES string of the molecule is COC(=O)c1ccc(CNc2ccc(SC(F)F)cc2)[nH]1. The zero-order valence-corrected chi connectivity index (χ0v) is 12.0. The molecule has 1 aromatic carbocycles. The summed E-state index contributed by atoms with van der Waals surface area (Å²) < 4.78 is 29.0. The predicted octanol–water partition coefficient (Wildman–Crippen LogP) is 3.73. The smallest absolute Gasteiger partial charge is 0.354 e. The molecule has 0 bridgehead atoms. The van der Waals surface area contributed by atoms with E-state index in [4.69, 9.17) is 0 Å². The van der Waals surface area contributed by atoms with Crippen LogP contribution in [0.15, 0.2) is 41.3 Å². The van der Waals surface area contributed by atoms with Crippen molar-refractivity contribution in [2.45, 2.75) is 17.2 Å². The molecule has 2 rings (SSSR count). The molecule has 0 atom stereocenters. The maximum atomic E-state index is 12.2. The summed E-state index contributed by atoms with van der Waals surface area (Å²) in [5, 5.41) is 3.13. The topological polar surface area (TPSA) is 54.1 Å². The lowest BCUT2D eigenvalue weighted by Crippen LogP contribution is -2.03. The molecule has 2 aromatic rings. The van der Waals surface area contributed by atoms with E-state index < -0.39 is 11.7 Å². The normalized spacial score (nSPS) is 10.7. The van der Waals surface area contributed by atoms with E-state index in [1.807, 2.05) is 0 Å². The van der Waals surface area contributed by atoms with Gasteiger partial charge in [-0.15, -0.1) is 0 Å². The van der Waals surface area contributed by atoms with Gasteiger partial charge in [0.05, 0.1) is 13.7 Å². The van der Waals surface area contributed by atoms with Crippen LogP contribution in [0.1, 0.15) is 16.2 Å². The lowest BCUT2D eigenvalue weighted by atomic mass is 10.3. The van der Waals surface area contributed by atoms with Gasteiger partial charge in [0.25, 0.3) is 5.76 Å². The summed E-state index contributed by atoms with van der Waals surface area (Å²) >= 11 is 0.512. The van der Waals surface area contributed by atoms with Gasteiger partial charge in [-0.25, -0.2) is 4.79 Å². The second-order valence-corrected chi connectivity index (χ2v) is 5.21. The highest BCUT2D eigenvalue weighted by Crippen LogP contribution is 2.26. The van der Waals surface area contributed by atoms with E-state index in [1.54, 1.807) is 36.4 Å². The minimum Gasteiger partial charge on any atom is -0.464 e. The molecule has 1 aromatic heterocycles. The summed E-state index contributed by atoms with van der Waals surface area (Å²) in [6.45, 7) is 0.484. The molecule has 0 amide bonds. The van der Waals surface area contributed by atoms with E-state index in [9.17, 15) is 13.6 Å². The number of aromatic nitrogens is 1. The molecule has 0 fully saturated rings. The average molecular weight is 312 g/mol. The summed E-state index contributed by atoms with van der Waals surface area (Å²) in [6, 6.07) is 10.1. The van der Waals surface area contributed by atoms with Gasteiger partial charge in [0.15, 0.2) is 0 Å². The van der Waals surface area contributed by atoms with Crippen LogP contribution in [0.25, 0.3) is 0 Å². The lowest BCUT2D eigenvalue weighted by molar-refractivity contribution is 0.0594. The number of aromatic amines is 1. The average Bonchev–Trinajstić information content (AvgIpc) is 2.94. The fourth-order valence-corrected chi connectivity index (χ4v) is 2.22. The highest BCUT2D eigenvalue weighted by atomic mass is 32.2. The second kappa shape index (κ2) is 7.12. The molecular formula is C14H14F2N2O2S. The van der Waals surface area contributed by atoms with Crippen LogP contribution in [0.5, 0.6) is 0 Å². The molecule has 0 aliphatic rings. The van der Waals surface area contributed by atoms with E-state index in [2.05, 4.69) is 15.0 Å². The summed E-state index contributed by atoms with van der Waals surface area (Å²) in [5.74, 6) is -2.84. The van der Waals surface area contributed by atoms with Crippen LogP contribution >= 0.6 is 11.8 Å². The molecule has 7 heteroatoms. The third kappa shape index (κ3) is 4.49. The Morgan fingerprint density at radius 1 is 1.29 bits per heavy atom. The van der Waals surface area contributed by atoms with Crippen molar-refractivity contribution < 1.29 is 18.3 Å².